The van der Waals surface area contributed by atoms with Crippen LogP contribution in [0.5, 0.6) is 0 Å². The fourth-order valence-electron chi connectivity index (χ4n) is 2.08. The second-order valence-corrected chi connectivity index (χ2v) is 5.77. The molecule has 0 bridgehead atoms. The number of rotatable bonds is 6. The van der Waals surface area contributed by atoms with Crippen LogP contribution in [0.1, 0.15) is 17.0 Å². The van der Waals surface area contributed by atoms with Gasteiger partial charge < -0.3 is 4.43 Å². The van der Waals surface area contributed by atoms with E-state index in [-0.39, 0.29) is 11.9 Å². The van der Waals surface area contributed by atoms with Crippen LogP contribution in [0.15, 0.2) is 73.3 Å². The summed E-state index contributed by atoms with van der Waals surface area (Å²) in [6.07, 6.45) is 1.81. The maximum Gasteiger partial charge on any atom is 0.304 e. The largest absolute Gasteiger partial charge is 0.524 e. The molecule has 0 aromatic heterocycles. The molecular weight excluding hydrogens is 264 g/mol. The first-order valence-electron chi connectivity index (χ1n) is 6.70. The van der Waals surface area contributed by atoms with Gasteiger partial charge in [-0.25, -0.2) is 0 Å². The highest BCUT2D eigenvalue weighted by molar-refractivity contribution is 6.31. The van der Waals surface area contributed by atoms with Gasteiger partial charge in [0.2, 0.25) is 9.76 Å². The Hall–Kier alpha value is -2.13. The summed E-state index contributed by atoms with van der Waals surface area (Å²) in [6, 6.07) is 20.3. The molecule has 0 aliphatic carbocycles. The van der Waals surface area contributed by atoms with Crippen molar-refractivity contribution in [3.05, 3.63) is 84.4 Å². The summed E-state index contributed by atoms with van der Waals surface area (Å²) >= 11 is 0. The monoisotopic (exact) mass is 282 g/mol. The highest BCUT2D eigenvalue weighted by Gasteiger charge is 2.23. The highest BCUT2D eigenvalue weighted by atomic mass is 28.2. The van der Waals surface area contributed by atoms with Gasteiger partial charge in [0.1, 0.15) is 5.92 Å². The van der Waals surface area contributed by atoms with Crippen LogP contribution in [-0.2, 0) is 9.22 Å². The first kappa shape index (κ1) is 14.3. The number of hydrogen-bond donors (Lipinski definition) is 0. The molecule has 2 aromatic carbocycles. The predicted octanol–water partition coefficient (Wildman–Crippen LogP) is 3.05. The molecule has 0 heterocycles. The molecule has 2 nitrogen and oxygen atoms in total. The summed E-state index contributed by atoms with van der Waals surface area (Å²) in [5, 5.41) is 0. The molecule has 0 aliphatic rings. The van der Waals surface area contributed by atoms with E-state index in [1.54, 1.807) is 6.08 Å². The molecule has 0 atom stereocenters. The molecule has 0 aliphatic heterocycles. The van der Waals surface area contributed by atoms with Gasteiger partial charge in [0.05, 0.1) is 0 Å². The van der Waals surface area contributed by atoms with Crippen LogP contribution in [0.2, 0.25) is 6.04 Å². The molecule has 0 radical (unpaired) electrons. The standard InChI is InChI=1S/C17H18O2Si/c1-2-13-20-19-17(18)16(14-9-5-3-6-10-14)15-11-7-4-8-12-15/h2-12,16H,1,13,20H2. The van der Waals surface area contributed by atoms with Crippen LogP contribution in [0.3, 0.4) is 0 Å². The second kappa shape index (κ2) is 7.45. The quantitative estimate of drug-likeness (QED) is 0.462. The zero-order valence-corrected chi connectivity index (χ0v) is 12.8. The normalized spacial score (nSPS) is 10.8. The van der Waals surface area contributed by atoms with E-state index in [1.807, 2.05) is 60.7 Å². The minimum atomic E-state index is -0.856. The van der Waals surface area contributed by atoms with E-state index in [2.05, 4.69) is 6.58 Å². The molecule has 20 heavy (non-hydrogen) atoms. The molecule has 0 unspecified atom stereocenters. The Balaban J connectivity index is 2.25. The number of hydrogen-bond acceptors (Lipinski definition) is 2. The van der Waals surface area contributed by atoms with Crippen LogP contribution in [0.25, 0.3) is 0 Å². The average Bonchev–Trinajstić information content (AvgIpc) is 2.50. The van der Waals surface area contributed by atoms with Crippen LogP contribution < -0.4 is 0 Å². The minimum absolute atomic E-state index is 0.157. The Kier molecular flexibility index (Phi) is 5.32. The van der Waals surface area contributed by atoms with Crippen LogP contribution >= 0.6 is 0 Å². The smallest absolute Gasteiger partial charge is 0.304 e. The predicted molar refractivity (Wildman–Crippen MR) is 84.4 cm³/mol. The molecule has 2 aromatic rings. The summed E-state index contributed by atoms with van der Waals surface area (Å²) < 4.78 is 5.48. The number of carbonyl (C=O) groups is 1. The van der Waals surface area contributed by atoms with E-state index in [4.69, 9.17) is 4.43 Å². The van der Waals surface area contributed by atoms with Crippen LogP contribution in [0.4, 0.5) is 0 Å². The molecule has 0 saturated heterocycles. The molecule has 0 amide bonds. The fraction of sp³-hybridized carbons (Fsp3) is 0.118. The Morgan fingerprint density at radius 2 is 1.55 bits per heavy atom. The minimum Gasteiger partial charge on any atom is -0.524 e. The SMILES string of the molecule is C=CC[SiH2]OC(=O)C(c1ccccc1)c1ccccc1. The van der Waals surface area contributed by atoms with Gasteiger partial charge >= 0.3 is 5.97 Å². The first-order valence-corrected chi connectivity index (χ1v) is 8.28. The van der Waals surface area contributed by atoms with Crippen molar-refractivity contribution >= 4 is 15.7 Å². The van der Waals surface area contributed by atoms with Gasteiger partial charge in [-0.2, -0.15) is 0 Å². The van der Waals surface area contributed by atoms with E-state index in [1.165, 1.54) is 0 Å². The Labute approximate surface area is 122 Å². The third-order valence-corrected chi connectivity index (χ3v) is 4.20. The van der Waals surface area contributed by atoms with E-state index < -0.39 is 9.76 Å². The van der Waals surface area contributed by atoms with Gasteiger partial charge in [-0.1, -0.05) is 66.7 Å². The van der Waals surface area contributed by atoms with Gasteiger partial charge in [-0.05, 0) is 17.2 Å². The van der Waals surface area contributed by atoms with Crippen molar-refractivity contribution in [3.63, 3.8) is 0 Å². The Bertz CT molecular complexity index is 512. The summed E-state index contributed by atoms with van der Waals surface area (Å²) in [5.41, 5.74) is 1.94. The average molecular weight is 282 g/mol. The van der Waals surface area contributed by atoms with Gasteiger partial charge in [-0.3, -0.25) is 4.79 Å². The summed E-state index contributed by atoms with van der Waals surface area (Å²) in [7, 11) is -0.856. The summed E-state index contributed by atoms with van der Waals surface area (Å²) in [5.74, 6) is -0.495. The number of benzene rings is 2. The number of allylic oxidation sites excluding steroid dienone is 1. The van der Waals surface area contributed by atoms with E-state index >= 15 is 0 Å². The lowest BCUT2D eigenvalue weighted by molar-refractivity contribution is -0.135. The van der Waals surface area contributed by atoms with Crippen molar-refractivity contribution in [2.75, 3.05) is 0 Å². The van der Waals surface area contributed by atoms with Crippen molar-refractivity contribution in [3.8, 4) is 0 Å². The maximum atomic E-state index is 12.4. The third kappa shape index (κ3) is 3.68. The maximum absolute atomic E-state index is 12.4. The lowest BCUT2D eigenvalue weighted by atomic mass is 9.91. The molecule has 0 saturated carbocycles. The third-order valence-electron chi connectivity index (χ3n) is 3.07. The van der Waals surface area contributed by atoms with E-state index in [0.29, 0.717) is 0 Å². The van der Waals surface area contributed by atoms with Crippen molar-refractivity contribution in [2.45, 2.75) is 12.0 Å². The molecular formula is C17H18O2Si. The van der Waals surface area contributed by atoms with Crippen molar-refractivity contribution in [1.82, 2.24) is 0 Å². The second-order valence-electron chi connectivity index (χ2n) is 4.50. The summed E-state index contributed by atoms with van der Waals surface area (Å²) in [4.78, 5) is 12.4. The Morgan fingerprint density at radius 1 is 1.05 bits per heavy atom. The van der Waals surface area contributed by atoms with Gasteiger partial charge in [0, 0.05) is 0 Å². The lowest BCUT2D eigenvalue weighted by Crippen LogP contribution is -2.19. The Morgan fingerprint density at radius 3 is 2.00 bits per heavy atom. The molecule has 3 heteroatoms. The van der Waals surface area contributed by atoms with E-state index in [9.17, 15) is 4.79 Å². The fourth-order valence-corrected chi connectivity index (χ4v) is 2.73. The van der Waals surface area contributed by atoms with Gasteiger partial charge in [0.25, 0.3) is 0 Å². The molecule has 102 valence electrons. The zero-order valence-electron chi connectivity index (χ0n) is 11.4. The van der Waals surface area contributed by atoms with Gasteiger partial charge in [-0.15, -0.1) is 6.58 Å². The van der Waals surface area contributed by atoms with Gasteiger partial charge in [0.15, 0.2) is 0 Å². The topological polar surface area (TPSA) is 26.3 Å². The molecule has 0 N–H and O–H groups in total. The lowest BCUT2D eigenvalue weighted by Gasteiger charge is -2.17. The van der Waals surface area contributed by atoms with Crippen LogP contribution in [0, 0.1) is 0 Å². The van der Waals surface area contributed by atoms with Crippen molar-refractivity contribution in [2.24, 2.45) is 0 Å². The highest BCUT2D eigenvalue weighted by Crippen LogP contribution is 2.25. The molecule has 0 fully saturated rings. The molecule has 2 rings (SSSR count). The zero-order chi connectivity index (χ0) is 14.2. The molecule has 0 spiro atoms. The van der Waals surface area contributed by atoms with Crippen molar-refractivity contribution < 1.29 is 9.22 Å². The van der Waals surface area contributed by atoms with E-state index in [0.717, 1.165) is 17.2 Å². The summed E-state index contributed by atoms with van der Waals surface area (Å²) in [6.45, 7) is 3.66. The number of carbonyl (C=O) groups excluding carboxylic acids is 1. The van der Waals surface area contributed by atoms with Crippen molar-refractivity contribution in [1.29, 1.82) is 0 Å². The first-order chi connectivity index (χ1) is 9.83. The van der Waals surface area contributed by atoms with Crippen LogP contribution in [-0.4, -0.2) is 15.7 Å².